The second-order valence-electron chi connectivity index (χ2n) is 6.74. The summed E-state index contributed by atoms with van der Waals surface area (Å²) in [6.07, 6.45) is 7.75. The molecule has 0 amide bonds. The van der Waals surface area contributed by atoms with Crippen molar-refractivity contribution < 1.29 is 13.5 Å². The lowest BCUT2D eigenvalue weighted by Crippen LogP contribution is -2.00. The van der Waals surface area contributed by atoms with E-state index in [1.54, 1.807) is 19.3 Å². The van der Waals surface area contributed by atoms with Crippen LogP contribution in [-0.4, -0.2) is 17.1 Å². The van der Waals surface area contributed by atoms with Crippen LogP contribution in [0.15, 0.2) is 54.4 Å². The molecule has 27 heavy (non-hydrogen) atoms. The Labute approximate surface area is 156 Å². The summed E-state index contributed by atoms with van der Waals surface area (Å²) in [7, 11) is 1.57. The average Bonchev–Trinajstić information content (AvgIpc) is 3.09. The van der Waals surface area contributed by atoms with E-state index in [1.165, 1.54) is 12.1 Å². The van der Waals surface area contributed by atoms with Crippen molar-refractivity contribution in [3.05, 3.63) is 66.0 Å². The standard InChI is InChI=1S/C22H20F2N2O/c1-27-21-10-8-17(24)13-18(21)15-5-9-19-20(12-15)26-22(25-19)11-4-14-2-6-16(23)7-3-14/h4-6,8-14H,2-3,7H2,1H3,(H,25,26)/b11-4+. The van der Waals surface area contributed by atoms with Gasteiger partial charge in [-0.05, 0) is 67.2 Å². The number of imidazole rings is 1. The fourth-order valence-corrected chi connectivity index (χ4v) is 3.40. The van der Waals surface area contributed by atoms with Gasteiger partial charge in [0.05, 0.1) is 24.0 Å². The summed E-state index contributed by atoms with van der Waals surface area (Å²) in [5, 5.41) is 0. The molecular formula is C22H20F2N2O. The minimum atomic E-state index is -0.311. The van der Waals surface area contributed by atoms with Gasteiger partial charge in [0, 0.05) is 5.56 Å². The molecule has 0 saturated carbocycles. The Bertz CT molecular complexity index is 1040. The summed E-state index contributed by atoms with van der Waals surface area (Å²) < 4.78 is 32.1. The number of benzene rings is 2. The zero-order valence-electron chi connectivity index (χ0n) is 15.0. The van der Waals surface area contributed by atoms with Crippen molar-refractivity contribution >= 4 is 17.1 Å². The van der Waals surface area contributed by atoms with Gasteiger partial charge in [0.25, 0.3) is 0 Å². The van der Waals surface area contributed by atoms with Gasteiger partial charge in [0.15, 0.2) is 0 Å². The van der Waals surface area contributed by atoms with Crippen LogP contribution in [0.1, 0.15) is 25.1 Å². The third kappa shape index (κ3) is 3.77. The van der Waals surface area contributed by atoms with Gasteiger partial charge in [0.1, 0.15) is 17.4 Å². The van der Waals surface area contributed by atoms with Gasteiger partial charge in [-0.1, -0.05) is 18.2 Å². The van der Waals surface area contributed by atoms with Crippen LogP contribution in [0, 0.1) is 11.7 Å². The SMILES string of the molecule is COc1ccc(F)cc1-c1ccc2[nH]c(/C=C/C3CC=C(F)CC3)nc2c1. The molecule has 3 aromatic rings. The highest BCUT2D eigenvalue weighted by Gasteiger charge is 2.12. The third-order valence-corrected chi connectivity index (χ3v) is 4.90. The van der Waals surface area contributed by atoms with Crippen LogP contribution in [0.5, 0.6) is 5.75 Å². The summed E-state index contributed by atoms with van der Waals surface area (Å²) in [4.78, 5) is 7.88. The van der Waals surface area contributed by atoms with Gasteiger partial charge in [-0.25, -0.2) is 13.8 Å². The molecule has 1 aromatic heterocycles. The normalized spacial score (nSPS) is 17.4. The number of hydrogen-bond acceptors (Lipinski definition) is 2. The van der Waals surface area contributed by atoms with E-state index in [4.69, 9.17) is 4.74 Å². The Morgan fingerprint density at radius 2 is 2.07 bits per heavy atom. The van der Waals surface area contributed by atoms with Gasteiger partial charge in [-0.3, -0.25) is 0 Å². The zero-order chi connectivity index (χ0) is 18.8. The van der Waals surface area contributed by atoms with Crippen LogP contribution >= 0.6 is 0 Å². The van der Waals surface area contributed by atoms with Crippen molar-refractivity contribution in [1.82, 2.24) is 9.97 Å². The van der Waals surface area contributed by atoms with Gasteiger partial charge in [-0.15, -0.1) is 0 Å². The molecule has 3 nitrogen and oxygen atoms in total. The minimum absolute atomic E-state index is 0.0105. The van der Waals surface area contributed by atoms with Crippen molar-refractivity contribution in [3.63, 3.8) is 0 Å². The monoisotopic (exact) mass is 366 g/mol. The molecule has 1 N–H and O–H groups in total. The van der Waals surface area contributed by atoms with Crippen LogP contribution in [0.4, 0.5) is 8.78 Å². The van der Waals surface area contributed by atoms with Crippen molar-refractivity contribution in [2.75, 3.05) is 7.11 Å². The lowest BCUT2D eigenvalue weighted by atomic mass is 9.93. The minimum Gasteiger partial charge on any atom is -0.496 e. The molecule has 0 aliphatic heterocycles. The van der Waals surface area contributed by atoms with Crippen LogP contribution in [-0.2, 0) is 0 Å². The Morgan fingerprint density at radius 3 is 2.85 bits per heavy atom. The van der Waals surface area contributed by atoms with E-state index in [9.17, 15) is 8.78 Å². The number of rotatable bonds is 4. The van der Waals surface area contributed by atoms with Crippen molar-refractivity contribution in [2.45, 2.75) is 19.3 Å². The Morgan fingerprint density at radius 1 is 1.19 bits per heavy atom. The lowest BCUT2D eigenvalue weighted by molar-refractivity contribution is 0.415. The molecule has 1 unspecified atom stereocenters. The maximum absolute atomic E-state index is 13.7. The number of aromatic nitrogens is 2. The highest BCUT2D eigenvalue weighted by molar-refractivity contribution is 5.84. The first-order chi connectivity index (χ1) is 13.1. The van der Waals surface area contributed by atoms with Crippen LogP contribution in [0.3, 0.4) is 0 Å². The predicted molar refractivity (Wildman–Crippen MR) is 104 cm³/mol. The predicted octanol–water partition coefficient (Wildman–Crippen LogP) is 6.04. The van der Waals surface area contributed by atoms with E-state index in [0.29, 0.717) is 23.7 Å². The smallest absolute Gasteiger partial charge is 0.130 e. The summed E-state index contributed by atoms with van der Waals surface area (Å²) >= 11 is 0. The number of hydrogen-bond donors (Lipinski definition) is 1. The summed E-state index contributed by atoms with van der Waals surface area (Å²) in [5.74, 6) is 1.38. The molecule has 1 heterocycles. The molecule has 1 aliphatic carbocycles. The molecule has 0 radical (unpaired) electrons. The molecule has 2 aromatic carbocycles. The van der Waals surface area contributed by atoms with Gasteiger partial charge in [-0.2, -0.15) is 0 Å². The highest BCUT2D eigenvalue weighted by Crippen LogP contribution is 2.32. The molecule has 0 saturated heterocycles. The number of methoxy groups -OCH3 is 1. The Hall–Kier alpha value is -2.95. The number of fused-ring (bicyclic) bond motifs is 1. The number of H-pyrrole nitrogens is 1. The first-order valence-electron chi connectivity index (χ1n) is 8.99. The zero-order valence-corrected chi connectivity index (χ0v) is 15.0. The largest absolute Gasteiger partial charge is 0.496 e. The number of nitrogens with one attached hydrogen (secondary N) is 1. The number of halogens is 2. The second-order valence-corrected chi connectivity index (χ2v) is 6.74. The molecule has 0 bridgehead atoms. The van der Waals surface area contributed by atoms with Crippen LogP contribution in [0.25, 0.3) is 28.2 Å². The van der Waals surface area contributed by atoms with Crippen molar-refractivity contribution in [1.29, 1.82) is 0 Å². The maximum Gasteiger partial charge on any atom is 0.130 e. The Balaban J connectivity index is 1.62. The van der Waals surface area contributed by atoms with E-state index < -0.39 is 0 Å². The molecule has 1 atom stereocenters. The first-order valence-corrected chi connectivity index (χ1v) is 8.99. The average molecular weight is 366 g/mol. The maximum atomic E-state index is 13.7. The summed E-state index contributed by atoms with van der Waals surface area (Å²) in [6, 6.07) is 10.2. The molecular weight excluding hydrogens is 346 g/mol. The number of nitrogens with zero attached hydrogens (tertiary/aromatic N) is 1. The van der Waals surface area contributed by atoms with Crippen LogP contribution in [0.2, 0.25) is 0 Å². The number of allylic oxidation sites excluding steroid dienone is 3. The molecule has 138 valence electrons. The fraction of sp³-hybridized carbons (Fsp3) is 0.227. The topological polar surface area (TPSA) is 37.9 Å². The molecule has 5 heteroatoms. The van der Waals surface area contributed by atoms with E-state index in [2.05, 4.69) is 16.0 Å². The van der Waals surface area contributed by atoms with Crippen molar-refractivity contribution in [3.8, 4) is 16.9 Å². The van der Waals surface area contributed by atoms with E-state index in [1.807, 2.05) is 24.3 Å². The van der Waals surface area contributed by atoms with Gasteiger partial charge < -0.3 is 9.72 Å². The van der Waals surface area contributed by atoms with Gasteiger partial charge >= 0.3 is 0 Å². The van der Waals surface area contributed by atoms with Crippen LogP contribution < -0.4 is 4.74 Å². The lowest BCUT2D eigenvalue weighted by Gasteiger charge is -2.14. The quantitative estimate of drug-likeness (QED) is 0.611. The summed E-state index contributed by atoms with van der Waals surface area (Å²) in [5.41, 5.74) is 3.24. The highest BCUT2D eigenvalue weighted by atomic mass is 19.1. The molecule has 0 spiro atoms. The Kier molecular flexibility index (Phi) is 4.75. The van der Waals surface area contributed by atoms with Crippen molar-refractivity contribution in [2.24, 2.45) is 5.92 Å². The first kappa shape index (κ1) is 17.5. The number of aromatic amines is 1. The molecule has 1 aliphatic rings. The summed E-state index contributed by atoms with van der Waals surface area (Å²) in [6.45, 7) is 0. The third-order valence-electron chi connectivity index (χ3n) is 4.90. The molecule has 4 rings (SSSR count). The second kappa shape index (κ2) is 7.35. The van der Waals surface area contributed by atoms with Gasteiger partial charge in [0.2, 0.25) is 0 Å². The van der Waals surface area contributed by atoms with E-state index in [0.717, 1.165) is 35.3 Å². The van der Waals surface area contributed by atoms with E-state index >= 15 is 0 Å². The fourth-order valence-electron chi connectivity index (χ4n) is 3.40. The van der Waals surface area contributed by atoms with E-state index in [-0.39, 0.29) is 11.6 Å². The number of ether oxygens (including phenoxy) is 1. The molecule has 0 fully saturated rings.